The quantitative estimate of drug-likeness (QED) is 0.583. The lowest BCUT2D eigenvalue weighted by Crippen LogP contribution is -2.28. The van der Waals surface area contributed by atoms with Gasteiger partial charge in [-0.05, 0) is 13.3 Å². The lowest BCUT2D eigenvalue weighted by molar-refractivity contribution is -0.118. The average molecular weight is 156 g/mol. The van der Waals surface area contributed by atoms with Crippen molar-refractivity contribution in [2.45, 2.75) is 32.7 Å². The van der Waals surface area contributed by atoms with Crippen molar-refractivity contribution in [1.29, 1.82) is 0 Å². The van der Waals surface area contributed by atoms with Crippen LogP contribution in [-0.4, -0.2) is 11.9 Å². The van der Waals surface area contributed by atoms with Crippen LogP contribution in [0.1, 0.15) is 26.7 Å². The molecule has 0 fully saturated rings. The molecule has 0 aliphatic heterocycles. The first-order valence-electron chi connectivity index (χ1n) is 3.78. The highest BCUT2D eigenvalue weighted by molar-refractivity contribution is 5.74. The molecule has 11 heavy (non-hydrogen) atoms. The van der Waals surface area contributed by atoms with E-state index in [1.165, 1.54) is 0 Å². The molecular formula is C8H16N2O. The summed E-state index contributed by atoms with van der Waals surface area (Å²) >= 11 is 0. The van der Waals surface area contributed by atoms with Crippen molar-refractivity contribution in [3.05, 3.63) is 11.6 Å². The van der Waals surface area contributed by atoms with Crippen LogP contribution in [0.25, 0.3) is 0 Å². The van der Waals surface area contributed by atoms with Crippen LogP contribution in [0.4, 0.5) is 0 Å². The summed E-state index contributed by atoms with van der Waals surface area (Å²) in [6.07, 6.45) is 3.19. The molecule has 0 aromatic rings. The van der Waals surface area contributed by atoms with Crippen LogP contribution in [0.5, 0.6) is 0 Å². The molecule has 0 rings (SSSR count). The number of carbonyl (C=O) groups is 1. The highest BCUT2D eigenvalue weighted by Gasteiger charge is 2.06. The Bertz CT molecular complexity index is 163. The summed E-state index contributed by atoms with van der Waals surface area (Å²) in [4.78, 5) is 10.4. The van der Waals surface area contributed by atoms with Gasteiger partial charge in [-0.1, -0.05) is 18.6 Å². The second-order valence-electron chi connectivity index (χ2n) is 2.63. The van der Waals surface area contributed by atoms with Crippen molar-refractivity contribution in [2.24, 2.45) is 11.5 Å². The molecule has 0 radical (unpaired) electrons. The molecule has 0 saturated heterocycles. The van der Waals surface area contributed by atoms with E-state index in [1.54, 1.807) is 0 Å². The molecule has 1 unspecified atom stereocenters. The number of hydrogen-bond donors (Lipinski definition) is 2. The number of carbonyl (C=O) groups excluding carboxylic acids is 1. The van der Waals surface area contributed by atoms with Crippen molar-refractivity contribution in [1.82, 2.24) is 0 Å². The van der Waals surface area contributed by atoms with Gasteiger partial charge in [0.2, 0.25) is 5.91 Å². The molecule has 0 aromatic heterocycles. The van der Waals surface area contributed by atoms with E-state index in [0.29, 0.717) is 0 Å². The summed E-state index contributed by atoms with van der Waals surface area (Å²) in [5.41, 5.74) is 11.6. The third-order valence-electron chi connectivity index (χ3n) is 1.53. The summed E-state index contributed by atoms with van der Waals surface area (Å²) in [6, 6.07) is -0.201. The lowest BCUT2D eigenvalue weighted by atomic mass is 10.1. The van der Waals surface area contributed by atoms with Crippen molar-refractivity contribution < 1.29 is 4.79 Å². The van der Waals surface area contributed by atoms with Gasteiger partial charge in [-0.25, -0.2) is 0 Å². The lowest BCUT2D eigenvalue weighted by Gasteiger charge is -2.08. The zero-order chi connectivity index (χ0) is 8.85. The van der Waals surface area contributed by atoms with Crippen molar-refractivity contribution >= 4 is 5.91 Å². The first-order chi connectivity index (χ1) is 5.07. The predicted molar refractivity (Wildman–Crippen MR) is 45.8 cm³/mol. The Morgan fingerprint density at radius 2 is 2.18 bits per heavy atom. The minimum Gasteiger partial charge on any atom is -0.370 e. The monoisotopic (exact) mass is 156 g/mol. The van der Waals surface area contributed by atoms with Gasteiger partial charge in [0, 0.05) is 12.5 Å². The fraction of sp³-hybridized carbons (Fsp3) is 0.625. The van der Waals surface area contributed by atoms with E-state index in [-0.39, 0.29) is 18.4 Å². The standard InChI is InChI=1S/C8H16N2O/c1-3-4-6(2)7(9)5-8(10)11/h4,7H,3,5,9H2,1-2H3,(H2,10,11)/b6-4-. The van der Waals surface area contributed by atoms with E-state index in [0.717, 1.165) is 12.0 Å². The summed E-state index contributed by atoms with van der Waals surface area (Å²) in [5, 5.41) is 0. The van der Waals surface area contributed by atoms with E-state index in [4.69, 9.17) is 11.5 Å². The molecule has 0 spiro atoms. The molecule has 1 atom stereocenters. The SMILES string of the molecule is CC/C=C(/C)C(N)CC(N)=O. The topological polar surface area (TPSA) is 69.1 Å². The van der Waals surface area contributed by atoms with Crippen LogP contribution in [0.15, 0.2) is 11.6 Å². The fourth-order valence-electron chi connectivity index (χ4n) is 0.851. The number of hydrogen-bond acceptors (Lipinski definition) is 2. The van der Waals surface area contributed by atoms with Gasteiger partial charge in [-0.3, -0.25) is 4.79 Å². The Morgan fingerprint density at radius 1 is 1.64 bits per heavy atom. The molecule has 3 nitrogen and oxygen atoms in total. The molecule has 0 aliphatic rings. The normalized spacial score (nSPS) is 14.6. The van der Waals surface area contributed by atoms with Crippen LogP contribution < -0.4 is 11.5 Å². The number of nitrogens with two attached hydrogens (primary N) is 2. The van der Waals surface area contributed by atoms with Crippen LogP contribution in [0.2, 0.25) is 0 Å². The van der Waals surface area contributed by atoms with Gasteiger partial charge < -0.3 is 11.5 Å². The van der Waals surface area contributed by atoms with Gasteiger partial charge in [0.25, 0.3) is 0 Å². The van der Waals surface area contributed by atoms with E-state index >= 15 is 0 Å². The average Bonchev–Trinajstić information content (AvgIpc) is 1.86. The first-order valence-corrected chi connectivity index (χ1v) is 3.78. The highest BCUT2D eigenvalue weighted by atomic mass is 16.1. The maximum atomic E-state index is 10.4. The number of amides is 1. The van der Waals surface area contributed by atoms with E-state index in [2.05, 4.69) is 0 Å². The molecule has 0 aliphatic carbocycles. The molecule has 0 aromatic carbocycles. The molecule has 0 bridgehead atoms. The van der Waals surface area contributed by atoms with Crippen molar-refractivity contribution in [2.75, 3.05) is 0 Å². The van der Waals surface area contributed by atoms with Crippen LogP contribution in [0.3, 0.4) is 0 Å². The van der Waals surface area contributed by atoms with Gasteiger partial charge in [-0.15, -0.1) is 0 Å². The third-order valence-corrected chi connectivity index (χ3v) is 1.53. The van der Waals surface area contributed by atoms with Gasteiger partial charge in [0.1, 0.15) is 0 Å². The molecule has 1 amide bonds. The van der Waals surface area contributed by atoms with E-state index < -0.39 is 0 Å². The Morgan fingerprint density at radius 3 is 2.55 bits per heavy atom. The summed E-state index contributed by atoms with van der Waals surface area (Å²) in [5.74, 6) is -0.346. The minimum atomic E-state index is -0.346. The Kier molecular flexibility index (Phi) is 4.54. The zero-order valence-corrected chi connectivity index (χ0v) is 7.13. The van der Waals surface area contributed by atoms with Crippen molar-refractivity contribution in [3.8, 4) is 0 Å². The Labute approximate surface area is 67.4 Å². The summed E-state index contributed by atoms with van der Waals surface area (Å²) < 4.78 is 0. The van der Waals surface area contributed by atoms with E-state index in [1.807, 2.05) is 19.9 Å². The van der Waals surface area contributed by atoms with Crippen LogP contribution in [-0.2, 0) is 4.79 Å². The smallest absolute Gasteiger partial charge is 0.219 e. The number of rotatable bonds is 4. The van der Waals surface area contributed by atoms with E-state index in [9.17, 15) is 4.79 Å². The fourth-order valence-corrected chi connectivity index (χ4v) is 0.851. The molecule has 3 heteroatoms. The van der Waals surface area contributed by atoms with Gasteiger partial charge in [0.15, 0.2) is 0 Å². The van der Waals surface area contributed by atoms with Crippen LogP contribution >= 0.6 is 0 Å². The molecule has 4 N–H and O–H groups in total. The maximum absolute atomic E-state index is 10.4. The maximum Gasteiger partial charge on any atom is 0.219 e. The number of allylic oxidation sites excluding steroid dienone is 1. The van der Waals surface area contributed by atoms with Crippen molar-refractivity contribution in [3.63, 3.8) is 0 Å². The molecule has 0 heterocycles. The molecular weight excluding hydrogens is 140 g/mol. The second kappa shape index (κ2) is 4.91. The predicted octanol–water partition coefficient (Wildman–Crippen LogP) is 0.545. The van der Waals surface area contributed by atoms with Gasteiger partial charge in [-0.2, -0.15) is 0 Å². The van der Waals surface area contributed by atoms with Gasteiger partial charge in [0.05, 0.1) is 0 Å². The Balaban J connectivity index is 3.92. The summed E-state index contributed by atoms with van der Waals surface area (Å²) in [6.45, 7) is 3.94. The van der Waals surface area contributed by atoms with Gasteiger partial charge >= 0.3 is 0 Å². The van der Waals surface area contributed by atoms with Crippen LogP contribution in [0, 0.1) is 0 Å². The first kappa shape index (κ1) is 10.2. The zero-order valence-electron chi connectivity index (χ0n) is 7.13. The summed E-state index contributed by atoms with van der Waals surface area (Å²) in [7, 11) is 0. The second-order valence-corrected chi connectivity index (χ2v) is 2.63. The highest BCUT2D eigenvalue weighted by Crippen LogP contribution is 2.03. The minimum absolute atomic E-state index is 0.201. The largest absolute Gasteiger partial charge is 0.370 e. The third kappa shape index (κ3) is 4.56. The number of primary amides is 1. The Hall–Kier alpha value is -0.830. The molecule has 64 valence electrons. The molecule has 0 saturated carbocycles.